The quantitative estimate of drug-likeness (QED) is 0.293. The van der Waals surface area contributed by atoms with Crippen molar-refractivity contribution in [1.82, 2.24) is 0 Å². The van der Waals surface area contributed by atoms with Gasteiger partial charge in [0.1, 0.15) is 0 Å². The molecule has 0 aromatic carbocycles. The van der Waals surface area contributed by atoms with Crippen LogP contribution in [0, 0.1) is 0 Å². The molecular weight excluding hydrogens is 407 g/mol. The van der Waals surface area contributed by atoms with Crippen LogP contribution in [0.25, 0.3) is 0 Å². The molecule has 10 heteroatoms. The molecule has 180 valence electrons. The summed E-state index contributed by atoms with van der Waals surface area (Å²) in [6.07, 6.45) is 0.612. The Morgan fingerprint density at radius 1 is 0.548 bits per heavy atom. The summed E-state index contributed by atoms with van der Waals surface area (Å²) in [5.41, 5.74) is 0. The molecule has 0 aromatic heterocycles. The maximum Gasteiger partial charge on any atom is 0.870 e. The first kappa shape index (κ1) is 29.4. The summed E-state index contributed by atoms with van der Waals surface area (Å²) in [4.78, 5) is 37.5. The average molecular weight is 446 g/mol. The fraction of sp³-hybridized carbons (Fsp3) is 0.857. The summed E-state index contributed by atoms with van der Waals surface area (Å²) in [6.45, 7) is 12.1. The molecule has 0 aromatic rings. The summed E-state index contributed by atoms with van der Waals surface area (Å²) >= 11 is 0. The first-order valence-electron chi connectivity index (χ1n) is 11.3. The molecule has 3 atom stereocenters. The van der Waals surface area contributed by atoms with E-state index in [-0.39, 0.29) is 0 Å². The molecule has 9 nitrogen and oxygen atoms in total. The Morgan fingerprint density at radius 3 is 1.00 bits per heavy atom. The van der Waals surface area contributed by atoms with E-state index in [2.05, 4.69) is 0 Å². The van der Waals surface area contributed by atoms with Crippen LogP contribution in [0.2, 0.25) is 0 Å². The Balaban J connectivity index is 5.32. The van der Waals surface area contributed by atoms with E-state index in [1.807, 2.05) is 20.8 Å². The highest BCUT2D eigenvalue weighted by Gasteiger charge is 2.41. The van der Waals surface area contributed by atoms with E-state index in [9.17, 15) is 14.4 Å². The van der Waals surface area contributed by atoms with E-state index in [1.165, 1.54) is 0 Å². The summed E-state index contributed by atoms with van der Waals surface area (Å²) in [6, 6.07) is 0. The largest absolute Gasteiger partial charge is 0.870 e. The molecular formula is C21H39BO9. The minimum atomic E-state index is -1.86. The highest BCUT2D eigenvalue weighted by Crippen LogP contribution is 2.11. The van der Waals surface area contributed by atoms with Crippen molar-refractivity contribution < 1.29 is 42.6 Å². The molecule has 0 N–H and O–H groups in total. The van der Waals surface area contributed by atoms with Crippen LogP contribution in [0.5, 0.6) is 0 Å². The molecule has 0 radical (unpaired) electrons. The second kappa shape index (κ2) is 18.0. The Morgan fingerprint density at radius 2 is 0.806 bits per heavy atom. The van der Waals surface area contributed by atoms with Gasteiger partial charge in [0, 0.05) is 19.8 Å². The third-order valence-electron chi connectivity index (χ3n) is 4.11. The van der Waals surface area contributed by atoms with Crippen LogP contribution in [0.4, 0.5) is 0 Å². The third kappa shape index (κ3) is 12.1. The van der Waals surface area contributed by atoms with Gasteiger partial charge in [-0.05, 0) is 38.5 Å². The Bertz CT molecular complexity index is 444. The minimum Gasteiger partial charge on any atom is -0.460 e. The number of hydrogen-bond acceptors (Lipinski definition) is 9. The Kier molecular flexibility index (Phi) is 17.0. The maximum atomic E-state index is 12.5. The van der Waals surface area contributed by atoms with Gasteiger partial charge in [0.2, 0.25) is 0 Å². The van der Waals surface area contributed by atoms with Crippen molar-refractivity contribution in [2.24, 2.45) is 0 Å². The summed E-state index contributed by atoms with van der Waals surface area (Å²) in [5, 5.41) is 0. The summed E-state index contributed by atoms with van der Waals surface area (Å²) < 4.78 is 31.9. The van der Waals surface area contributed by atoms with Gasteiger partial charge in [-0.3, -0.25) is 14.4 Å². The second-order valence-electron chi connectivity index (χ2n) is 6.90. The zero-order valence-electron chi connectivity index (χ0n) is 19.8. The van der Waals surface area contributed by atoms with Gasteiger partial charge in [-0.1, -0.05) is 41.5 Å². The molecule has 0 saturated heterocycles. The van der Waals surface area contributed by atoms with Crippen molar-refractivity contribution in [3.8, 4) is 0 Å². The van der Waals surface area contributed by atoms with Crippen LogP contribution in [0.15, 0.2) is 0 Å². The highest BCUT2D eigenvalue weighted by atomic mass is 16.8. The van der Waals surface area contributed by atoms with Crippen LogP contribution < -0.4 is 0 Å². The number of carbonyl (C=O) groups excluding carboxylic acids is 3. The van der Waals surface area contributed by atoms with Crippen molar-refractivity contribution in [2.75, 3.05) is 19.8 Å². The smallest absolute Gasteiger partial charge is 0.460 e. The molecule has 3 unspecified atom stereocenters. The van der Waals surface area contributed by atoms with E-state index >= 15 is 0 Å². The Labute approximate surface area is 186 Å². The van der Waals surface area contributed by atoms with Crippen LogP contribution in [0.3, 0.4) is 0 Å². The second-order valence-corrected chi connectivity index (χ2v) is 6.90. The van der Waals surface area contributed by atoms with E-state index in [4.69, 9.17) is 28.2 Å². The standard InChI is InChI=1S/C21H39BO9/c1-7-13-26-16(10-4)19(23)29-22(30-20(24)17(11-5)27-14-8-2)31-21(25)18(12-6)28-15-9-3/h16-18H,7-15H2,1-6H3. The normalized spacial score (nSPS) is 13.7. The molecule has 0 spiro atoms. The van der Waals surface area contributed by atoms with Crippen LogP contribution in [-0.4, -0.2) is 63.4 Å². The number of hydrogen-bond donors (Lipinski definition) is 0. The lowest BCUT2D eigenvalue weighted by atomic mass is 10.1. The zero-order chi connectivity index (χ0) is 23.6. The number of carbonyl (C=O) groups is 3. The molecule has 0 saturated carbocycles. The first-order chi connectivity index (χ1) is 14.9. The van der Waals surface area contributed by atoms with Gasteiger partial charge in [0.25, 0.3) is 0 Å². The average Bonchev–Trinajstić information content (AvgIpc) is 2.75. The molecule has 0 aliphatic carbocycles. The molecule has 0 bridgehead atoms. The molecule has 0 amide bonds. The molecule has 0 aliphatic heterocycles. The van der Waals surface area contributed by atoms with Crippen molar-refractivity contribution in [1.29, 1.82) is 0 Å². The molecule has 0 aliphatic rings. The van der Waals surface area contributed by atoms with E-state index in [0.717, 1.165) is 19.3 Å². The minimum absolute atomic E-state index is 0.349. The van der Waals surface area contributed by atoms with Crippen LogP contribution in [-0.2, 0) is 42.6 Å². The van der Waals surface area contributed by atoms with Gasteiger partial charge in [0.15, 0.2) is 18.3 Å². The lowest BCUT2D eigenvalue weighted by Gasteiger charge is -2.21. The van der Waals surface area contributed by atoms with Gasteiger partial charge >= 0.3 is 25.2 Å². The lowest BCUT2D eigenvalue weighted by Crippen LogP contribution is -2.43. The lowest BCUT2D eigenvalue weighted by molar-refractivity contribution is -0.162. The van der Waals surface area contributed by atoms with E-state index in [0.29, 0.717) is 39.1 Å². The van der Waals surface area contributed by atoms with Gasteiger partial charge in [-0.15, -0.1) is 0 Å². The highest BCUT2D eigenvalue weighted by molar-refractivity contribution is 6.44. The summed E-state index contributed by atoms with van der Waals surface area (Å²) in [5.74, 6) is -2.36. The van der Waals surface area contributed by atoms with Crippen molar-refractivity contribution in [3.63, 3.8) is 0 Å². The number of ether oxygens (including phenoxy) is 3. The topological polar surface area (TPSA) is 107 Å². The fourth-order valence-corrected chi connectivity index (χ4v) is 2.42. The van der Waals surface area contributed by atoms with Crippen molar-refractivity contribution in [2.45, 2.75) is 98.4 Å². The zero-order valence-corrected chi connectivity index (χ0v) is 19.8. The molecule has 0 heterocycles. The first-order valence-corrected chi connectivity index (χ1v) is 11.3. The van der Waals surface area contributed by atoms with Crippen LogP contribution in [0.1, 0.15) is 80.1 Å². The third-order valence-corrected chi connectivity index (χ3v) is 4.11. The molecule has 31 heavy (non-hydrogen) atoms. The van der Waals surface area contributed by atoms with E-state index in [1.54, 1.807) is 20.8 Å². The predicted octanol–water partition coefficient (Wildman–Crippen LogP) is 3.22. The van der Waals surface area contributed by atoms with Crippen molar-refractivity contribution in [3.05, 3.63) is 0 Å². The Hall–Kier alpha value is -1.65. The number of rotatable bonds is 18. The SMILES string of the molecule is CCCOC(CC)C(=O)OB(OC(=O)C(CC)OCCC)OC(=O)C(CC)OCCC. The monoisotopic (exact) mass is 446 g/mol. The molecule has 0 rings (SSSR count). The van der Waals surface area contributed by atoms with Gasteiger partial charge in [-0.2, -0.15) is 0 Å². The summed E-state index contributed by atoms with van der Waals surface area (Å²) in [7, 11) is -1.86. The van der Waals surface area contributed by atoms with Crippen LogP contribution >= 0.6 is 0 Å². The molecule has 0 fully saturated rings. The fourth-order valence-electron chi connectivity index (χ4n) is 2.42. The van der Waals surface area contributed by atoms with E-state index < -0.39 is 43.5 Å². The van der Waals surface area contributed by atoms with Gasteiger partial charge in [-0.25, -0.2) is 0 Å². The predicted molar refractivity (Wildman–Crippen MR) is 115 cm³/mol. The van der Waals surface area contributed by atoms with Gasteiger partial charge in [0.05, 0.1) is 0 Å². The van der Waals surface area contributed by atoms with Crippen molar-refractivity contribution >= 4 is 25.2 Å². The maximum absolute atomic E-state index is 12.5. The van der Waals surface area contributed by atoms with Gasteiger partial charge < -0.3 is 28.2 Å².